The molecule has 0 bridgehead atoms. The number of rotatable bonds is 5. The summed E-state index contributed by atoms with van der Waals surface area (Å²) in [7, 11) is 0. The fourth-order valence-corrected chi connectivity index (χ4v) is 5.92. The fourth-order valence-electron chi connectivity index (χ4n) is 4.46. The molecule has 1 saturated heterocycles. The van der Waals surface area contributed by atoms with Gasteiger partial charge in [-0.3, -0.25) is 4.68 Å². The van der Waals surface area contributed by atoms with E-state index in [0.29, 0.717) is 12.6 Å². The number of thiophene rings is 1. The van der Waals surface area contributed by atoms with Crippen LogP contribution in [0.15, 0.2) is 18.5 Å². The number of hydrogen-bond acceptors (Lipinski definition) is 6. The van der Waals surface area contributed by atoms with Gasteiger partial charge in [-0.2, -0.15) is 5.10 Å². The first-order chi connectivity index (χ1) is 13.4. The molecule has 1 fully saturated rings. The molecule has 0 unspecified atom stereocenters. The molecule has 0 radical (unpaired) electrons. The van der Waals surface area contributed by atoms with Gasteiger partial charge in [-0.05, 0) is 31.4 Å². The van der Waals surface area contributed by atoms with Crippen molar-refractivity contribution < 1.29 is 14.9 Å². The summed E-state index contributed by atoms with van der Waals surface area (Å²) in [6, 6.07) is 2.52. The van der Waals surface area contributed by atoms with Gasteiger partial charge in [-0.15, -0.1) is 11.3 Å². The lowest BCUT2D eigenvalue weighted by molar-refractivity contribution is -0.0954. The molecule has 0 aliphatic carbocycles. The molecule has 0 aromatic carbocycles. The van der Waals surface area contributed by atoms with Gasteiger partial charge in [-0.1, -0.05) is 18.5 Å². The zero-order valence-electron chi connectivity index (χ0n) is 16.3. The minimum Gasteiger partial charge on any atom is -0.396 e. The van der Waals surface area contributed by atoms with Crippen LogP contribution in [-0.4, -0.2) is 45.9 Å². The zero-order chi connectivity index (χ0) is 19.9. The number of aliphatic hydroxyl groups excluding tert-OH is 2. The minimum atomic E-state index is -0.590. The number of halogens is 1. The third-order valence-corrected chi connectivity index (χ3v) is 7.45. The Morgan fingerprint density at radius 3 is 2.96 bits per heavy atom. The predicted octanol–water partition coefficient (Wildman–Crippen LogP) is 2.87. The van der Waals surface area contributed by atoms with Crippen molar-refractivity contribution in [2.45, 2.75) is 57.3 Å². The predicted molar refractivity (Wildman–Crippen MR) is 110 cm³/mol. The van der Waals surface area contributed by atoms with E-state index >= 15 is 0 Å². The smallest absolute Gasteiger partial charge is 0.106 e. The van der Waals surface area contributed by atoms with Crippen LogP contribution in [0.3, 0.4) is 0 Å². The van der Waals surface area contributed by atoms with Gasteiger partial charge < -0.3 is 20.3 Å². The monoisotopic (exact) mass is 425 g/mol. The Morgan fingerprint density at radius 2 is 2.21 bits per heavy atom. The summed E-state index contributed by atoms with van der Waals surface area (Å²) in [5, 5.41) is 27.3. The fraction of sp³-hybridized carbons (Fsp3) is 0.650. The first-order valence-electron chi connectivity index (χ1n) is 9.79. The lowest BCUT2D eigenvalue weighted by atomic mass is 9.78. The normalized spacial score (nSPS) is 27.9. The molecule has 0 saturated carbocycles. The van der Waals surface area contributed by atoms with Crippen molar-refractivity contribution in [2.24, 2.45) is 5.41 Å². The van der Waals surface area contributed by atoms with Crippen molar-refractivity contribution in [1.29, 1.82) is 0 Å². The zero-order valence-corrected chi connectivity index (χ0v) is 17.9. The molecule has 1 spiro atoms. The standard InChI is InChI=1S/C20H28ClN3O3S/c1-13-6-20(18-14(3-4-27-20)5-17(21)28-18)7-16(23-13)15-8-22-24(9-15)10-19(2,11-25)12-26/h5,8-9,13,16,23,25-26H,3-4,6-7,10-12H2,1-2H3/t13-,16-,20-/m0/s1. The highest BCUT2D eigenvalue weighted by molar-refractivity contribution is 7.16. The highest BCUT2D eigenvalue weighted by Crippen LogP contribution is 2.49. The van der Waals surface area contributed by atoms with Gasteiger partial charge in [-0.25, -0.2) is 0 Å². The molecule has 2 aromatic rings. The Bertz CT molecular complexity index is 835. The summed E-state index contributed by atoms with van der Waals surface area (Å²) < 4.78 is 9.05. The molecule has 3 N–H and O–H groups in total. The second-order valence-electron chi connectivity index (χ2n) is 8.62. The van der Waals surface area contributed by atoms with Crippen molar-refractivity contribution in [3.05, 3.63) is 38.8 Å². The van der Waals surface area contributed by atoms with Crippen LogP contribution in [0.4, 0.5) is 0 Å². The Kier molecular flexibility index (Phi) is 5.59. The molecule has 28 heavy (non-hydrogen) atoms. The van der Waals surface area contributed by atoms with E-state index in [1.807, 2.05) is 24.0 Å². The van der Waals surface area contributed by atoms with E-state index in [4.69, 9.17) is 16.3 Å². The summed E-state index contributed by atoms with van der Waals surface area (Å²) in [5.41, 5.74) is 1.54. The highest BCUT2D eigenvalue weighted by Gasteiger charge is 2.46. The Balaban J connectivity index is 1.59. The third kappa shape index (κ3) is 3.76. The first kappa shape index (κ1) is 20.3. The number of nitrogens with zero attached hydrogens (tertiary/aromatic N) is 2. The lowest BCUT2D eigenvalue weighted by Gasteiger charge is -2.46. The van der Waals surface area contributed by atoms with Crippen LogP contribution in [0.1, 0.15) is 48.7 Å². The summed E-state index contributed by atoms with van der Waals surface area (Å²) >= 11 is 7.98. The summed E-state index contributed by atoms with van der Waals surface area (Å²) in [6.45, 7) is 5.06. The van der Waals surface area contributed by atoms with Gasteiger partial charge in [0.15, 0.2) is 0 Å². The summed E-state index contributed by atoms with van der Waals surface area (Å²) in [4.78, 5) is 1.28. The van der Waals surface area contributed by atoms with E-state index in [1.54, 1.807) is 11.3 Å². The number of aromatic nitrogens is 2. The number of hydrogen-bond donors (Lipinski definition) is 3. The number of ether oxygens (including phenoxy) is 1. The van der Waals surface area contributed by atoms with Gasteiger partial charge >= 0.3 is 0 Å². The average molecular weight is 426 g/mol. The average Bonchev–Trinajstić information content (AvgIpc) is 3.28. The molecule has 2 aromatic heterocycles. The van der Waals surface area contributed by atoms with Gasteiger partial charge in [0.25, 0.3) is 0 Å². The Morgan fingerprint density at radius 1 is 1.43 bits per heavy atom. The number of piperidine rings is 1. The van der Waals surface area contributed by atoms with Crippen LogP contribution in [0, 0.1) is 5.41 Å². The first-order valence-corrected chi connectivity index (χ1v) is 11.0. The maximum absolute atomic E-state index is 9.56. The third-order valence-electron chi connectivity index (χ3n) is 5.96. The maximum Gasteiger partial charge on any atom is 0.106 e. The van der Waals surface area contributed by atoms with E-state index in [0.717, 1.165) is 35.8 Å². The molecule has 3 atom stereocenters. The van der Waals surface area contributed by atoms with E-state index < -0.39 is 5.41 Å². The van der Waals surface area contributed by atoms with Crippen LogP contribution in [-0.2, 0) is 23.3 Å². The topological polar surface area (TPSA) is 79.5 Å². The Labute approximate surface area is 174 Å². The van der Waals surface area contributed by atoms with Crippen molar-refractivity contribution in [1.82, 2.24) is 15.1 Å². The molecular formula is C20H28ClN3O3S. The summed E-state index contributed by atoms with van der Waals surface area (Å²) in [6.07, 6.45) is 6.58. The quantitative estimate of drug-likeness (QED) is 0.686. The van der Waals surface area contributed by atoms with E-state index in [2.05, 4.69) is 23.4 Å². The Hall–Kier alpha value is -0.960. The van der Waals surface area contributed by atoms with Gasteiger partial charge in [0.05, 0.1) is 36.9 Å². The molecule has 6 nitrogen and oxygen atoms in total. The van der Waals surface area contributed by atoms with Crippen LogP contribution < -0.4 is 5.32 Å². The largest absolute Gasteiger partial charge is 0.396 e. The number of fused-ring (bicyclic) bond motifs is 2. The van der Waals surface area contributed by atoms with Gasteiger partial charge in [0.2, 0.25) is 0 Å². The molecule has 2 aliphatic heterocycles. The molecule has 8 heteroatoms. The van der Waals surface area contributed by atoms with Crippen molar-refractivity contribution in [3.63, 3.8) is 0 Å². The molecule has 0 amide bonds. The van der Waals surface area contributed by atoms with E-state index in [-0.39, 0.29) is 24.9 Å². The lowest BCUT2D eigenvalue weighted by Crippen LogP contribution is -2.49. The highest BCUT2D eigenvalue weighted by atomic mass is 35.5. The van der Waals surface area contributed by atoms with Gasteiger partial charge in [0.1, 0.15) is 5.60 Å². The molecular weight excluding hydrogens is 398 g/mol. The number of aliphatic hydroxyl groups is 2. The van der Waals surface area contributed by atoms with Crippen molar-refractivity contribution in [3.8, 4) is 0 Å². The van der Waals surface area contributed by atoms with Crippen molar-refractivity contribution >= 4 is 22.9 Å². The summed E-state index contributed by atoms with van der Waals surface area (Å²) in [5.74, 6) is 0. The minimum absolute atomic E-state index is 0.0870. The van der Waals surface area contributed by atoms with Crippen LogP contribution in [0.5, 0.6) is 0 Å². The van der Waals surface area contributed by atoms with E-state index in [1.165, 1.54) is 10.4 Å². The molecule has 2 aliphatic rings. The van der Waals surface area contributed by atoms with Crippen LogP contribution >= 0.6 is 22.9 Å². The number of nitrogens with one attached hydrogen (secondary N) is 1. The van der Waals surface area contributed by atoms with Crippen LogP contribution in [0.2, 0.25) is 4.34 Å². The molecule has 154 valence electrons. The second-order valence-corrected chi connectivity index (χ2v) is 10.3. The van der Waals surface area contributed by atoms with Gasteiger partial charge in [0, 0.05) is 40.6 Å². The molecule has 4 heterocycles. The SMILES string of the molecule is C[C@H]1C[C@@]2(C[C@@H](c3cnn(CC(C)(CO)CO)c3)N1)OCCc1cc(Cl)sc12. The second kappa shape index (κ2) is 7.70. The maximum atomic E-state index is 9.56. The van der Waals surface area contributed by atoms with Crippen LogP contribution in [0.25, 0.3) is 0 Å². The van der Waals surface area contributed by atoms with E-state index in [9.17, 15) is 10.2 Å². The van der Waals surface area contributed by atoms with Crippen molar-refractivity contribution in [2.75, 3.05) is 19.8 Å². The molecule has 4 rings (SSSR count).